The highest BCUT2D eigenvalue weighted by Gasteiger charge is 2.06. The summed E-state index contributed by atoms with van der Waals surface area (Å²) in [6, 6.07) is 15.5. The highest BCUT2D eigenvalue weighted by molar-refractivity contribution is 7.80. The Kier molecular flexibility index (Phi) is 5.70. The largest absolute Gasteiger partial charge is 0.493 e. The van der Waals surface area contributed by atoms with Gasteiger partial charge in [0.2, 0.25) is 0 Å². The predicted molar refractivity (Wildman–Crippen MR) is 107 cm³/mol. The minimum absolute atomic E-state index is 0.497. The molecule has 0 amide bonds. The zero-order valence-corrected chi connectivity index (χ0v) is 15.4. The third kappa shape index (κ3) is 4.52. The van der Waals surface area contributed by atoms with Gasteiger partial charge in [0, 0.05) is 29.8 Å². The fourth-order valence-corrected chi connectivity index (χ4v) is 2.72. The number of nitrogens with one attached hydrogen (secondary N) is 2. The van der Waals surface area contributed by atoms with Gasteiger partial charge in [-0.3, -0.25) is 4.68 Å². The first-order valence-electron chi connectivity index (χ1n) is 8.04. The van der Waals surface area contributed by atoms with Crippen LogP contribution >= 0.6 is 12.2 Å². The molecule has 0 saturated heterocycles. The summed E-state index contributed by atoms with van der Waals surface area (Å²) in [5, 5.41) is 11.0. The van der Waals surface area contributed by atoms with E-state index >= 15 is 0 Å². The van der Waals surface area contributed by atoms with Crippen LogP contribution < -0.4 is 20.1 Å². The molecule has 2 aromatic carbocycles. The minimum Gasteiger partial charge on any atom is -0.493 e. The predicted octanol–water partition coefficient (Wildman–Crippen LogP) is 3.76. The van der Waals surface area contributed by atoms with Gasteiger partial charge in [-0.05, 0) is 48.1 Å². The van der Waals surface area contributed by atoms with Crippen LogP contribution in [0.2, 0.25) is 0 Å². The number of aromatic nitrogens is 2. The maximum absolute atomic E-state index is 5.38. The molecule has 6 nitrogen and oxygen atoms in total. The zero-order valence-electron chi connectivity index (χ0n) is 14.6. The van der Waals surface area contributed by atoms with Gasteiger partial charge in [-0.15, -0.1) is 0 Å². The molecular weight excluding hydrogens is 348 g/mol. The van der Waals surface area contributed by atoms with E-state index in [4.69, 9.17) is 21.7 Å². The quantitative estimate of drug-likeness (QED) is 0.646. The summed E-state index contributed by atoms with van der Waals surface area (Å²) >= 11 is 5.38. The van der Waals surface area contributed by atoms with Crippen molar-refractivity contribution in [3.8, 4) is 11.5 Å². The van der Waals surface area contributed by atoms with Crippen molar-refractivity contribution in [3.05, 3.63) is 66.5 Å². The highest BCUT2D eigenvalue weighted by Crippen LogP contribution is 2.29. The molecule has 0 aliphatic rings. The molecule has 0 saturated carbocycles. The number of nitrogens with zero attached hydrogens (tertiary/aromatic N) is 2. The van der Waals surface area contributed by atoms with Crippen molar-refractivity contribution in [1.29, 1.82) is 0 Å². The van der Waals surface area contributed by atoms with Gasteiger partial charge in [0.05, 0.1) is 20.8 Å². The molecule has 0 bridgehead atoms. The lowest BCUT2D eigenvalue weighted by atomic mass is 10.2. The minimum atomic E-state index is 0.497. The topological polar surface area (TPSA) is 60.3 Å². The SMILES string of the molecule is COc1ccc(NC(=S)Nc2ccc(Cn3cccn3)cc2)cc1OC. The monoisotopic (exact) mass is 368 g/mol. The lowest BCUT2D eigenvalue weighted by Gasteiger charge is -2.13. The maximum atomic E-state index is 5.38. The summed E-state index contributed by atoms with van der Waals surface area (Å²) in [6.07, 6.45) is 3.71. The summed E-state index contributed by atoms with van der Waals surface area (Å²) in [7, 11) is 3.20. The molecule has 1 heterocycles. The highest BCUT2D eigenvalue weighted by atomic mass is 32.1. The molecule has 2 N–H and O–H groups in total. The van der Waals surface area contributed by atoms with E-state index in [-0.39, 0.29) is 0 Å². The summed E-state index contributed by atoms with van der Waals surface area (Å²) in [5.41, 5.74) is 2.89. The summed E-state index contributed by atoms with van der Waals surface area (Å²) in [4.78, 5) is 0. The van der Waals surface area contributed by atoms with E-state index in [2.05, 4.69) is 15.7 Å². The smallest absolute Gasteiger partial charge is 0.175 e. The van der Waals surface area contributed by atoms with Gasteiger partial charge in [-0.2, -0.15) is 5.10 Å². The molecule has 3 aromatic rings. The van der Waals surface area contributed by atoms with Crippen LogP contribution in [0.25, 0.3) is 0 Å². The van der Waals surface area contributed by atoms with Crippen LogP contribution in [0.3, 0.4) is 0 Å². The molecule has 0 atom stereocenters. The molecule has 0 aliphatic carbocycles. The Bertz CT molecular complexity index is 864. The molecular formula is C19H20N4O2S. The van der Waals surface area contributed by atoms with Crippen molar-refractivity contribution >= 4 is 28.7 Å². The third-order valence-electron chi connectivity index (χ3n) is 3.76. The molecule has 26 heavy (non-hydrogen) atoms. The number of anilines is 2. The number of benzene rings is 2. The molecule has 3 rings (SSSR count). The van der Waals surface area contributed by atoms with Gasteiger partial charge in [-0.25, -0.2) is 0 Å². The van der Waals surface area contributed by atoms with E-state index in [9.17, 15) is 0 Å². The second-order valence-corrected chi connectivity index (χ2v) is 5.96. The van der Waals surface area contributed by atoms with E-state index < -0.39 is 0 Å². The number of hydrogen-bond donors (Lipinski definition) is 2. The van der Waals surface area contributed by atoms with Crippen LogP contribution in [0.1, 0.15) is 5.56 Å². The number of rotatable bonds is 6. The van der Waals surface area contributed by atoms with Gasteiger partial charge in [0.15, 0.2) is 16.6 Å². The van der Waals surface area contributed by atoms with Crippen molar-refractivity contribution in [2.75, 3.05) is 24.9 Å². The summed E-state index contributed by atoms with van der Waals surface area (Å²) in [6.45, 7) is 0.738. The Labute approximate surface area is 157 Å². The Balaban J connectivity index is 1.59. The molecule has 134 valence electrons. The lowest BCUT2D eigenvalue weighted by Crippen LogP contribution is -2.19. The molecule has 0 unspecified atom stereocenters. The zero-order chi connectivity index (χ0) is 18.4. The fourth-order valence-electron chi connectivity index (χ4n) is 2.48. The number of methoxy groups -OCH3 is 2. The van der Waals surface area contributed by atoms with Crippen LogP contribution in [0.5, 0.6) is 11.5 Å². The Morgan fingerprint density at radius 1 is 1.00 bits per heavy atom. The first-order chi connectivity index (χ1) is 12.7. The Morgan fingerprint density at radius 2 is 1.69 bits per heavy atom. The van der Waals surface area contributed by atoms with Gasteiger partial charge < -0.3 is 20.1 Å². The van der Waals surface area contributed by atoms with Crippen molar-refractivity contribution in [1.82, 2.24) is 9.78 Å². The van der Waals surface area contributed by atoms with Crippen LogP contribution in [0, 0.1) is 0 Å². The number of thiocarbonyl (C=S) groups is 1. The molecule has 1 aromatic heterocycles. The van der Waals surface area contributed by atoms with E-state index in [1.807, 2.05) is 59.4 Å². The molecule has 0 spiro atoms. The second-order valence-electron chi connectivity index (χ2n) is 5.55. The van der Waals surface area contributed by atoms with Crippen LogP contribution in [0.15, 0.2) is 60.9 Å². The van der Waals surface area contributed by atoms with Gasteiger partial charge in [0.1, 0.15) is 0 Å². The lowest BCUT2D eigenvalue weighted by molar-refractivity contribution is 0.355. The van der Waals surface area contributed by atoms with E-state index in [0.717, 1.165) is 23.5 Å². The van der Waals surface area contributed by atoms with Gasteiger partial charge >= 0.3 is 0 Å². The average Bonchev–Trinajstić information content (AvgIpc) is 3.16. The average molecular weight is 368 g/mol. The van der Waals surface area contributed by atoms with Crippen LogP contribution in [-0.2, 0) is 6.54 Å². The normalized spacial score (nSPS) is 10.2. The second kappa shape index (κ2) is 8.35. The van der Waals surface area contributed by atoms with E-state index in [1.54, 1.807) is 20.4 Å². The molecule has 7 heteroatoms. The Morgan fingerprint density at radius 3 is 2.35 bits per heavy atom. The maximum Gasteiger partial charge on any atom is 0.175 e. The summed E-state index contributed by atoms with van der Waals surface area (Å²) in [5.74, 6) is 1.31. The van der Waals surface area contributed by atoms with Crippen molar-refractivity contribution in [3.63, 3.8) is 0 Å². The van der Waals surface area contributed by atoms with Crippen molar-refractivity contribution in [2.24, 2.45) is 0 Å². The Hall–Kier alpha value is -3.06. The fraction of sp³-hybridized carbons (Fsp3) is 0.158. The van der Waals surface area contributed by atoms with Crippen molar-refractivity contribution < 1.29 is 9.47 Å². The van der Waals surface area contributed by atoms with E-state index in [1.165, 1.54) is 0 Å². The third-order valence-corrected chi connectivity index (χ3v) is 3.96. The van der Waals surface area contributed by atoms with Crippen LogP contribution in [0.4, 0.5) is 11.4 Å². The molecule has 0 radical (unpaired) electrons. The van der Waals surface area contributed by atoms with Gasteiger partial charge in [-0.1, -0.05) is 12.1 Å². The van der Waals surface area contributed by atoms with Gasteiger partial charge in [0.25, 0.3) is 0 Å². The number of hydrogen-bond acceptors (Lipinski definition) is 4. The standard InChI is InChI=1S/C19H20N4O2S/c1-24-17-9-8-16(12-18(17)25-2)22-19(26)21-15-6-4-14(5-7-15)13-23-11-3-10-20-23/h3-12H,13H2,1-2H3,(H2,21,22,26). The van der Waals surface area contributed by atoms with Crippen molar-refractivity contribution in [2.45, 2.75) is 6.54 Å². The van der Waals surface area contributed by atoms with E-state index in [0.29, 0.717) is 16.6 Å². The summed E-state index contributed by atoms with van der Waals surface area (Å²) < 4.78 is 12.4. The molecule has 0 aliphatic heterocycles. The first-order valence-corrected chi connectivity index (χ1v) is 8.45. The first kappa shape index (κ1) is 17.8. The number of ether oxygens (including phenoxy) is 2. The molecule has 0 fully saturated rings. The van der Waals surface area contributed by atoms with Crippen LogP contribution in [-0.4, -0.2) is 29.1 Å².